The van der Waals surface area contributed by atoms with Crippen molar-refractivity contribution in [3.8, 4) is 5.75 Å². The van der Waals surface area contributed by atoms with Crippen LogP contribution < -0.4 is 10.1 Å². The summed E-state index contributed by atoms with van der Waals surface area (Å²) in [5.41, 5.74) is 1.47. The third kappa shape index (κ3) is 3.26. The van der Waals surface area contributed by atoms with Crippen molar-refractivity contribution in [3.63, 3.8) is 0 Å². The molecule has 2 aromatic rings. The number of fused-ring (bicyclic) bond motifs is 1. The molecule has 0 radical (unpaired) electrons. The second-order valence-electron chi connectivity index (χ2n) is 8.98. The number of carbonyl (C=O) groups is 2. The van der Waals surface area contributed by atoms with Gasteiger partial charge in [-0.2, -0.15) is 0 Å². The second kappa shape index (κ2) is 6.75. The smallest absolute Gasteiger partial charge is 0.261 e. The summed E-state index contributed by atoms with van der Waals surface area (Å²) in [7, 11) is 0. The van der Waals surface area contributed by atoms with Crippen LogP contribution in [0.5, 0.6) is 5.75 Å². The summed E-state index contributed by atoms with van der Waals surface area (Å²) >= 11 is 5.98. The number of hydrogen-bond donors (Lipinski definition) is 2. The first-order valence-corrected chi connectivity index (χ1v) is 10.4. The summed E-state index contributed by atoms with van der Waals surface area (Å²) in [5.74, 6) is 0.256. The van der Waals surface area contributed by atoms with E-state index in [1.54, 1.807) is 24.4 Å². The summed E-state index contributed by atoms with van der Waals surface area (Å²) in [4.78, 5) is 33.6. The number of ketones is 1. The Hall–Kier alpha value is -2.51. The Morgan fingerprint density at radius 2 is 2.03 bits per heavy atom. The van der Waals surface area contributed by atoms with Gasteiger partial charge in [0.1, 0.15) is 11.4 Å². The van der Waals surface area contributed by atoms with Crippen molar-refractivity contribution < 1.29 is 19.4 Å². The Labute approximate surface area is 178 Å². The average molecular weight is 428 g/mol. The maximum atomic E-state index is 12.8. The van der Waals surface area contributed by atoms with E-state index in [2.05, 4.69) is 15.3 Å². The SMILES string of the molecule is Cc1cnc(C(=O)CC23CC(NC(=O)[C@H]4C[C@@H](O)c5cc(Cl)ccc5O4)(C2)C3)cn1. The molecule has 2 N–H and O–H groups in total. The van der Waals surface area contributed by atoms with E-state index in [9.17, 15) is 14.7 Å². The lowest BCUT2D eigenvalue weighted by Crippen LogP contribution is -2.75. The van der Waals surface area contributed by atoms with Crippen LogP contribution >= 0.6 is 11.6 Å². The van der Waals surface area contributed by atoms with E-state index in [1.165, 1.54) is 6.20 Å². The summed E-state index contributed by atoms with van der Waals surface area (Å²) in [5, 5.41) is 14.0. The van der Waals surface area contributed by atoms with E-state index < -0.39 is 12.2 Å². The van der Waals surface area contributed by atoms with Gasteiger partial charge in [-0.15, -0.1) is 0 Å². The number of Topliss-reactive ketones (excluding diaryl/α,β-unsaturated/α-hetero) is 1. The van der Waals surface area contributed by atoms with Crippen LogP contribution in [-0.2, 0) is 4.79 Å². The molecule has 0 saturated heterocycles. The predicted molar refractivity (Wildman–Crippen MR) is 108 cm³/mol. The normalized spacial score (nSPS) is 30.9. The Morgan fingerprint density at radius 3 is 2.73 bits per heavy atom. The van der Waals surface area contributed by atoms with E-state index in [4.69, 9.17) is 16.3 Å². The first-order chi connectivity index (χ1) is 14.3. The number of aliphatic hydroxyl groups excluding tert-OH is 1. The molecule has 2 atom stereocenters. The van der Waals surface area contributed by atoms with Gasteiger partial charge in [-0.1, -0.05) is 11.6 Å². The van der Waals surface area contributed by atoms with Crippen molar-refractivity contribution in [2.75, 3.05) is 0 Å². The number of benzene rings is 1. The van der Waals surface area contributed by atoms with E-state index in [-0.39, 0.29) is 29.1 Å². The van der Waals surface area contributed by atoms with Gasteiger partial charge in [0.2, 0.25) is 0 Å². The zero-order valence-corrected chi connectivity index (χ0v) is 17.3. The summed E-state index contributed by atoms with van der Waals surface area (Å²) in [6.07, 6.45) is 4.52. The first kappa shape index (κ1) is 19.5. The molecule has 0 spiro atoms. The molecule has 3 saturated carbocycles. The largest absolute Gasteiger partial charge is 0.480 e. The number of ether oxygens (including phenoxy) is 1. The highest BCUT2D eigenvalue weighted by Crippen LogP contribution is 2.69. The van der Waals surface area contributed by atoms with Gasteiger partial charge in [-0.25, -0.2) is 4.98 Å². The molecular formula is C22H22ClN3O4. The van der Waals surface area contributed by atoms with Crippen LogP contribution in [0.25, 0.3) is 0 Å². The highest BCUT2D eigenvalue weighted by Gasteiger charge is 2.68. The zero-order valence-electron chi connectivity index (χ0n) is 16.5. The molecule has 6 rings (SSSR count). The number of hydrogen-bond acceptors (Lipinski definition) is 6. The minimum Gasteiger partial charge on any atom is -0.480 e. The highest BCUT2D eigenvalue weighted by atomic mass is 35.5. The molecule has 3 aliphatic carbocycles. The Kier molecular flexibility index (Phi) is 4.38. The van der Waals surface area contributed by atoms with Gasteiger partial charge in [0, 0.05) is 35.2 Å². The number of aryl methyl sites for hydroxylation is 1. The van der Waals surface area contributed by atoms with E-state index in [1.807, 2.05) is 6.92 Å². The van der Waals surface area contributed by atoms with E-state index >= 15 is 0 Å². The number of aliphatic hydroxyl groups is 1. The van der Waals surface area contributed by atoms with E-state index in [0.29, 0.717) is 28.5 Å². The number of rotatable bonds is 5. The lowest BCUT2D eigenvalue weighted by atomic mass is 9.38. The van der Waals surface area contributed by atoms with E-state index in [0.717, 1.165) is 25.0 Å². The number of aromatic nitrogens is 2. The molecule has 1 aliphatic heterocycles. The lowest BCUT2D eigenvalue weighted by molar-refractivity contribution is -0.168. The van der Waals surface area contributed by atoms with Crippen LogP contribution in [0.4, 0.5) is 0 Å². The molecule has 2 heterocycles. The molecule has 30 heavy (non-hydrogen) atoms. The van der Waals surface area contributed by atoms with Crippen molar-refractivity contribution in [2.45, 2.75) is 56.8 Å². The number of nitrogens with one attached hydrogen (secondary N) is 1. The number of halogens is 1. The van der Waals surface area contributed by atoms with Crippen LogP contribution in [0.1, 0.15) is 60.0 Å². The fourth-order valence-electron chi connectivity index (χ4n) is 5.21. The molecule has 2 bridgehead atoms. The van der Waals surface area contributed by atoms with Gasteiger partial charge in [0.15, 0.2) is 11.9 Å². The Morgan fingerprint density at radius 1 is 1.27 bits per heavy atom. The van der Waals surface area contributed by atoms with Crippen molar-refractivity contribution >= 4 is 23.3 Å². The maximum absolute atomic E-state index is 12.8. The summed E-state index contributed by atoms with van der Waals surface area (Å²) in [6, 6.07) is 5.01. The topological polar surface area (TPSA) is 101 Å². The second-order valence-corrected chi connectivity index (χ2v) is 9.42. The van der Waals surface area contributed by atoms with Crippen LogP contribution in [0, 0.1) is 12.3 Å². The minimum absolute atomic E-state index is 0.00358. The van der Waals surface area contributed by atoms with Crippen LogP contribution in [0.3, 0.4) is 0 Å². The molecule has 1 aromatic carbocycles. The summed E-state index contributed by atoms with van der Waals surface area (Å²) in [6.45, 7) is 1.83. The molecule has 4 aliphatic rings. The van der Waals surface area contributed by atoms with Crippen LogP contribution in [0.2, 0.25) is 5.02 Å². The third-order valence-electron chi connectivity index (χ3n) is 6.46. The predicted octanol–water partition coefficient (Wildman–Crippen LogP) is 2.93. The van der Waals surface area contributed by atoms with Crippen molar-refractivity contribution in [2.24, 2.45) is 5.41 Å². The average Bonchev–Trinajstić information content (AvgIpc) is 2.66. The molecule has 1 aromatic heterocycles. The molecule has 3 fully saturated rings. The molecular weight excluding hydrogens is 406 g/mol. The maximum Gasteiger partial charge on any atom is 0.261 e. The van der Waals surface area contributed by atoms with Gasteiger partial charge >= 0.3 is 0 Å². The van der Waals surface area contributed by atoms with Crippen molar-refractivity contribution in [3.05, 3.63) is 52.6 Å². The van der Waals surface area contributed by atoms with Crippen molar-refractivity contribution in [1.29, 1.82) is 0 Å². The van der Waals surface area contributed by atoms with Gasteiger partial charge in [-0.05, 0) is 49.8 Å². The quantitative estimate of drug-likeness (QED) is 0.711. The lowest BCUT2D eigenvalue weighted by Gasteiger charge is -2.70. The van der Waals surface area contributed by atoms with Gasteiger partial charge in [0.05, 0.1) is 18.0 Å². The molecule has 8 heteroatoms. The van der Waals surface area contributed by atoms with Gasteiger partial charge in [0.25, 0.3) is 5.91 Å². The third-order valence-corrected chi connectivity index (χ3v) is 6.70. The first-order valence-electron chi connectivity index (χ1n) is 10.0. The molecule has 0 unspecified atom stereocenters. The fourth-order valence-corrected chi connectivity index (χ4v) is 5.39. The van der Waals surface area contributed by atoms with Crippen LogP contribution in [0.15, 0.2) is 30.6 Å². The highest BCUT2D eigenvalue weighted by molar-refractivity contribution is 6.30. The minimum atomic E-state index is -0.796. The molecule has 1 amide bonds. The number of amides is 1. The standard InChI is InChI=1S/C22H22ClN3O4/c1-12-7-25-15(8-24-12)17(28)6-21-9-22(10-21,11-21)26-20(29)19-5-16(27)14-4-13(23)2-3-18(14)30-19/h2-4,7-8,16,19,27H,5-6,9-11H2,1H3,(H,26,29)/t16-,19-,21?,22?/m1/s1. The van der Waals surface area contributed by atoms with Crippen LogP contribution in [-0.4, -0.2) is 38.4 Å². The Balaban J connectivity index is 1.17. The Bertz CT molecular complexity index is 1020. The molecule has 156 valence electrons. The summed E-state index contributed by atoms with van der Waals surface area (Å²) < 4.78 is 5.81. The van der Waals surface area contributed by atoms with Crippen molar-refractivity contribution in [1.82, 2.24) is 15.3 Å². The number of carbonyl (C=O) groups excluding carboxylic acids is 2. The van der Waals surface area contributed by atoms with Gasteiger partial charge in [-0.3, -0.25) is 14.6 Å². The van der Waals surface area contributed by atoms with Gasteiger partial charge < -0.3 is 15.2 Å². The molecule has 7 nitrogen and oxygen atoms in total. The fraction of sp³-hybridized carbons (Fsp3) is 0.455. The number of nitrogens with zero attached hydrogens (tertiary/aromatic N) is 2. The monoisotopic (exact) mass is 427 g/mol. The zero-order chi connectivity index (χ0) is 21.1.